The van der Waals surface area contributed by atoms with Gasteiger partial charge in [-0.15, -0.1) is 0 Å². The first kappa shape index (κ1) is 20.5. The Morgan fingerprint density at radius 3 is 2.97 bits per heavy atom. The molecule has 3 heterocycles. The van der Waals surface area contributed by atoms with Crippen molar-refractivity contribution in [2.75, 3.05) is 31.1 Å². The van der Waals surface area contributed by atoms with E-state index in [1.165, 1.54) is 0 Å². The van der Waals surface area contributed by atoms with Gasteiger partial charge in [0.2, 0.25) is 0 Å². The van der Waals surface area contributed by atoms with Crippen LogP contribution in [0.4, 0.5) is 5.82 Å². The number of aryl methyl sites for hydroxylation is 1. The number of imidazole rings is 1. The lowest BCUT2D eigenvalue weighted by Gasteiger charge is -2.20. The summed E-state index contributed by atoms with van der Waals surface area (Å²) in [5, 5.41) is 7.63. The Balaban J connectivity index is 1.38. The summed E-state index contributed by atoms with van der Waals surface area (Å²) < 4.78 is 2.22. The van der Waals surface area contributed by atoms with Gasteiger partial charge in [0.05, 0.1) is 22.6 Å². The maximum atomic E-state index is 6.31. The molecule has 1 unspecified atom stereocenters. The number of para-hydroxylation sites is 2. The van der Waals surface area contributed by atoms with E-state index in [-0.39, 0.29) is 0 Å². The van der Waals surface area contributed by atoms with Gasteiger partial charge in [0.25, 0.3) is 0 Å². The highest BCUT2D eigenvalue weighted by Gasteiger charge is 2.25. The van der Waals surface area contributed by atoms with E-state index in [0.717, 1.165) is 61.2 Å². The van der Waals surface area contributed by atoms with Gasteiger partial charge in [-0.05, 0) is 44.5 Å². The lowest BCUT2D eigenvalue weighted by Crippen LogP contribution is -2.44. The van der Waals surface area contributed by atoms with E-state index < -0.39 is 0 Å². The van der Waals surface area contributed by atoms with Crippen molar-refractivity contribution in [1.29, 1.82) is 0 Å². The van der Waals surface area contributed by atoms with Crippen molar-refractivity contribution in [2.24, 2.45) is 4.99 Å². The number of halogens is 1. The third kappa shape index (κ3) is 4.51. The zero-order valence-corrected chi connectivity index (χ0v) is 18.2. The molecule has 0 bridgehead atoms. The Hall–Kier alpha value is -2.80. The summed E-state index contributed by atoms with van der Waals surface area (Å²) in [7, 11) is 0. The quantitative estimate of drug-likeness (QED) is 0.468. The van der Waals surface area contributed by atoms with Crippen molar-refractivity contribution in [2.45, 2.75) is 32.9 Å². The number of pyridine rings is 1. The molecule has 7 nitrogen and oxygen atoms in total. The summed E-state index contributed by atoms with van der Waals surface area (Å²) in [4.78, 5) is 16.1. The first-order valence-electron chi connectivity index (χ1n) is 10.5. The smallest absolute Gasteiger partial charge is 0.191 e. The number of nitrogens with zero attached hydrogens (tertiary/aromatic N) is 5. The van der Waals surface area contributed by atoms with Gasteiger partial charge in [-0.25, -0.2) is 9.97 Å². The fourth-order valence-electron chi connectivity index (χ4n) is 3.93. The highest BCUT2D eigenvalue weighted by molar-refractivity contribution is 6.32. The van der Waals surface area contributed by atoms with E-state index in [1.54, 1.807) is 6.20 Å². The monoisotopic (exact) mass is 425 g/mol. The molecule has 1 aromatic carbocycles. The molecule has 1 aliphatic heterocycles. The number of anilines is 1. The average Bonchev–Trinajstić information content (AvgIpc) is 3.33. The minimum Gasteiger partial charge on any atom is -0.357 e. The number of benzene rings is 1. The van der Waals surface area contributed by atoms with Crippen LogP contribution in [0.1, 0.15) is 19.2 Å². The number of fused-ring (bicyclic) bond motifs is 1. The van der Waals surface area contributed by atoms with Gasteiger partial charge in [0.15, 0.2) is 5.96 Å². The van der Waals surface area contributed by atoms with Gasteiger partial charge in [0.1, 0.15) is 11.6 Å². The fourth-order valence-corrected chi connectivity index (χ4v) is 4.17. The molecule has 0 radical (unpaired) electrons. The normalized spacial score (nSPS) is 17.0. The Morgan fingerprint density at radius 2 is 2.13 bits per heavy atom. The second-order valence-electron chi connectivity index (χ2n) is 7.44. The third-order valence-corrected chi connectivity index (χ3v) is 5.65. The van der Waals surface area contributed by atoms with E-state index in [9.17, 15) is 0 Å². The molecule has 3 aromatic rings. The van der Waals surface area contributed by atoms with E-state index in [4.69, 9.17) is 16.6 Å². The molecule has 1 atom stereocenters. The largest absolute Gasteiger partial charge is 0.357 e. The minimum atomic E-state index is 0.302. The van der Waals surface area contributed by atoms with Crippen LogP contribution in [0.5, 0.6) is 0 Å². The molecule has 8 heteroatoms. The van der Waals surface area contributed by atoms with Crippen LogP contribution >= 0.6 is 11.6 Å². The second-order valence-corrected chi connectivity index (χ2v) is 7.85. The van der Waals surface area contributed by atoms with Crippen LogP contribution in [0, 0.1) is 6.92 Å². The fraction of sp³-hybridized carbons (Fsp3) is 0.409. The van der Waals surface area contributed by atoms with Gasteiger partial charge >= 0.3 is 0 Å². The predicted molar refractivity (Wildman–Crippen MR) is 123 cm³/mol. The van der Waals surface area contributed by atoms with Crippen molar-refractivity contribution in [3.8, 4) is 0 Å². The second kappa shape index (κ2) is 9.34. The van der Waals surface area contributed by atoms with E-state index in [0.29, 0.717) is 17.6 Å². The molecule has 0 amide bonds. The number of nitrogens with one attached hydrogen (secondary N) is 2. The minimum absolute atomic E-state index is 0.302. The summed E-state index contributed by atoms with van der Waals surface area (Å²) >= 11 is 6.31. The van der Waals surface area contributed by atoms with Crippen molar-refractivity contribution in [3.63, 3.8) is 0 Å². The maximum absolute atomic E-state index is 6.31. The van der Waals surface area contributed by atoms with Crippen LogP contribution in [0.25, 0.3) is 11.0 Å². The van der Waals surface area contributed by atoms with Gasteiger partial charge in [-0.3, -0.25) is 4.99 Å². The number of guanidine groups is 1. The third-order valence-electron chi connectivity index (χ3n) is 5.35. The number of hydrogen-bond donors (Lipinski definition) is 2. The average molecular weight is 426 g/mol. The number of aromatic nitrogens is 3. The van der Waals surface area contributed by atoms with E-state index >= 15 is 0 Å². The summed E-state index contributed by atoms with van der Waals surface area (Å²) in [6, 6.07) is 12.3. The molecule has 0 aliphatic carbocycles. The van der Waals surface area contributed by atoms with Crippen molar-refractivity contribution >= 4 is 34.4 Å². The lowest BCUT2D eigenvalue weighted by atomic mass is 10.3. The van der Waals surface area contributed by atoms with Crippen molar-refractivity contribution in [3.05, 3.63) is 53.4 Å². The van der Waals surface area contributed by atoms with Crippen LogP contribution in [-0.2, 0) is 6.54 Å². The van der Waals surface area contributed by atoms with Gasteiger partial charge < -0.3 is 20.1 Å². The molecule has 0 spiro atoms. The molecule has 0 saturated carbocycles. The Kier molecular flexibility index (Phi) is 6.38. The van der Waals surface area contributed by atoms with Crippen molar-refractivity contribution in [1.82, 2.24) is 25.2 Å². The van der Waals surface area contributed by atoms with E-state index in [2.05, 4.69) is 49.1 Å². The summed E-state index contributed by atoms with van der Waals surface area (Å²) in [5.41, 5.74) is 2.19. The molecule has 158 valence electrons. The summed E-state index contributed by atoms with van der Waals surface area (Å²) in [5.74, 6) is 2.72. The topological polar surface area (TPSA) is 70.4 Å². The van der Waals surface area contributed by atoms with Crippen LogP contribution in [-0.4, -0.2) is 52.7 Å². The van der Waals surface area contributed by atoms with Gasteiger partial charge in [0, 0.05) is 38.4 Å². The molecule has 30 heavy (non-hydrogen) atoms. The molecule has 2 aromatic heterocycles. The zero-order valence-electron chi connectivity index (χ0n) is 17.5. The lowest BCUT2D eigenvalue weighted by molar-refractivity contribution is 0.641. The number of aliphatic imine (C=N–C) groups is 1. The Bertz CT molecular complexity index is 1030. The number of rotatable bonds is 6. The molecule has 2 N–H and O–H groups in total. The maximum Gasteiger partial charge on any atom is 0.191 e. The van der Waals surface area contributed by atoms with Crippen LogP contribution in [0.15, 0.2) is 47.6 Å². The first-order valence-corrected chi connectivity index (χ1v) is 10.9. The SMILES string of the molecule is CCNC(=NCCn1c(C)nc2ccccc21)NC1CCN(c2ncccc2Cl)C1. The molecule has 1 saturated heterocycles. The molecular formula is C22H28ClN7. The van der Waals surface area contributed by atoms with E-state index in [1.807, 2.05) is 31.2 Å². The molecular weight excluding hydrogens is 398 g/mol. The van der Waals surface area contributed by atoms with Crippen LogP contribution in [0.2, 0.25) is 5.02 Å². The van der Waals surface area contributed by atoms with Gasteiger partial charge in [-0.2, -0.15) is 0 Å². The molecule has 4 rings (SSSR count). The van der Waals surface area contributed by atoms with Crippen LogP contribution in [0.3, 0.4) is 0 Å². The Labute approximate surface area is 182 Å². The van der Waals surface area contributed by atoms with Gasteiger partial charge in [-0.1, -0.05) is 23.7 Å². The summed E-state index contributed by atoms with van der Waals surface area (Å²) in [6.45, 7) is 8.20. The zero-order chi connectivity index (χ0) is 20.9. The number of hydrogen-bond acceptors (Lipinski definition) is 4. The van der Waals surface area contributed by atoms with Crippen LogP contribution < -0.4 is 15.5 Å². The highest BCUT2D eigenvalue weighted by Crippen LogP contribution is 2.25. The first-order chi connectivity index (χ1) is 14.7. The standard InChI is InChI=1S/C22H28ClN7/c1-3-24-22(26-12-14-30-16(2)27-19-8-4-5-9-20(19)30)28-17-10-13-29(15-17)21-18(23)7-6-11-25-21/h4-9,11,17H,3,10,12-15H2,1-2H3,(H2,24,26,28). The molecule has 1 fully saturated rings. The predicted octanol–water partition coefficient (Wildman–Crippen LogP) is 3.23. The highest BCUT2D eigenvalue weighted by atomic mass is 35.5. The Morgan fingerprint density at radius 1 is 1.27 bits per heavy atom. The summed E-state index contributed by atoms with van der Waals surface area (Å²) in [6.07, 6.45) is 2.80. The molecule has 1 aliphatic rings. The van der Waals surface area contributed by atoms with Crippen molar-refractivity contribution < 1.29 is 0 Å².